The molecule has 10 heteroatoms. The Labute approximate surface area is 196 Å². The number of aromatic nitrogens is 1. The van der Waals surface area contributed by atoms with Crippen molar-refractivity contribution in [3.05, 3.63) is 77.4 Å². The van der Waals surface area contributed by atoms with Gasteiger partial charge in [0.25, 0.3) is 0 Å². The topological polar surface area (TPSA) is 28.5 Å². The van der Waals surface area contributed by atoms with Crippen LogP contribution in [-0.2, 0) is 0 Å². The second kappa shape index (κ2) is 8.95. The van der Waals surface area contributed by atoms with Crippen molar-refractivity contribution in [2.75, 3.05) is 11.3 Å². The van der Waals surface area contributed by atoms with Crippen LogP contribution in [0.5, 0.6) is 0 Å². The van der Waals surface area contributed by atoms with Gasteiger partial charge in [0.2, 0.25) is 0 Å². The van der Waals surface area contributed by atoms with Gasteiger partial charge in [0, 0.05) is 16.9 Å². The molecular formula is C23H17ClF5N3S. The van der Waals surface area contributed by atoms with E-state index >= 15 is 0 Å². The quantitative estimate of drug-likeness (QED) is 0.268. The summed E-state index contributed by atoms with van der Waals surface area (Å²) in [5, 5.41) is 4.96. The van der Waals surface area contributed by atoms with Gasteiger partial charge in [0.15, 0.2) is 0 Å². The van der Waals surface area contributed by atoms with Gasteiger partial charge < -0.3 is 0 Å². The van der Waals surface area contributed by atoms with E-state index in [9.17, 15) is 22.0 Å². The molecule has 3 aromatic rings. The number of alkyl halides is 5. The molecule has 0 bridgehead atoms. The minimum Gasteiger partial charge on any atom is -0.254 e. The lowest BCUT2D eigenvalue weighted by molar-refractivity contribution is -0.249. The first-order valence-corrected chi connectivity index (χ1v) is 11.4. The van der Waals surface area contributed by atoms with E-state index in [-0.39, 0.29) is 10.7 Å². The van der Waals surface area contributed by atoms with Gasteiger partial charge in [0.05, 0.1) is 22.1 Å². The van der Waals surface area contributed by atoms with Gasteiger partial charge in [-0.15, -0.1) is 11.8 Å². The second-order valence-corrected chi connectivity index (χ2v) is 8.60. The second-order valence-electron chi connectivity index (χ2n) is 7.31. The van der Waals surface area contributed by atoms with Crippen LogP contribution in [0, 0.1) is 0 Å². The molecule has 1 unspecified atom stereocenters. The van der Waals surface area contributed by atoms with Crippen LogP contribution in [0.15, 0.2) is 76.7 Å². The fourth-order valence-electron chi connectivity index (χ4n) is 3.51. The number of hydrogen-bond acceptors (Lipinski definition) is 4. The predicted octanol–water partition coefficient (Wildman–Crippen LogP) is 7.63. The first kappa shape index (κ1) is 23.5. The smallest absolute Gasteiger partial charge is 0.254 e. The van der Waals surface area contributed by atoms with E-state index in [1.54, 1.807) is 42.1 Å². The number of nitrogens with zero attached hydrogens (tertiary/aromatic N) is 3. The highest BCUT2D eigenvalue weighted by Gasteiger charge is 2.63. The zero-order valence-corrected chi connectivity index (χ0v) is 18.7. The molecule has 0 aliphatic carbocycles. The van der Waals surface area contributed by atoms with Crippen molar-refractivity contribution in [3.8, 4) is 11.3 Å². The molecule has 1 atom stereocenters. The van der Waals surface area contributed by atoms with Gasteiger partial charge in [-0.2, -0.15) is 27.1 Å². The molecular weight excluding hydrogens is 481 g/mol. The van der Waals surface area contributed by atoms with Crippen molar-refractivity contribution in [2.24, 2.45) is 5.10 Å². The Kier molecular flexibility index (Phi) is 6.37. The van der Waals surface area contributed by atoms with Crippen LogP contribution in [0.4, 0.5) is 27.6 Å². The van der Waals surface area contributed by atoms with Gasteiger partial charge in [-0.3, -0.25) is 9.99 Å². The molecule has 2 heterocycles. The summed E-state index contributed by atoms with van der Waals surface area (Å²) >= 11 is 7.80. The number of rotatable bonds is 5. The monoisotopic (exact) mass is 497 g/mol. The van der Waals surface area contributed by atoms with Crippen LogP contribution < -0.4 is 5.01 Å². The maximum Gasteiger partial charge on any atom is 0.459 e. The summed E-state index contributed by atoms with van der Waals surface area (Å²) in [5.41, 5.74) is 0.595. The van der Waals surface area contributed by atoms with E-state index in [0.717, 1.165) is 15.5 Å². The van der Waals surface area contributed by atoms with Gasteiger partial charge in [0.1, 0.15) is 11.8 Å². The molecule has 4 rings (SSSR count). The van der Waals surface area contributed by atoms with E-state index in [4.69, 9.17) is 11.6 Å². The standard InChI is InChI=1S/C23H17ClF5N3S/c1-33-15-11-9-14(10-12-15)17-6-4-7-18(30-17)20-13-21(22(25,26)23(27,28)29)31-32(20)19-8-3-2-5-16(19)24/h2-12,20H,13H2,1H3. The summed E-state index contributed by atoms with van der Waals surface area (Å²) < 4.78 is 67.6. The number of pyridine rings is 1. The third kappa shape index (κ3) is 4.56. The summed E-state index contributed by atoms with van der Waals surface area (Å²) in [7, 11) is 0. The van der Waals surface area contributed by atoms with Gasteiger partial charge in [-0.1, -0.05) is 41.9 Å². The van der Waals surface area contributed by atoms with Crippen molar-refractivity contribution in [1.82, 2.24) is 4.98 Å². The van der Waals surface area contributed by atoms with Crippen molar-refractivity contribution < 1.29 is 22.0 Å². The van der Waals surface area contributed by atoms with E-state index in [1.807, 2.05) is 30.5 Å². The van der Waals surface area contributed by atoms with Crippen LogP contribution in [0.1, 0.15) is 18.2 Å². The lowest BCUT2D eigenvalue weighted by Crippen LogP contribution is -2.43. The average molecular weight is 498 g/mol. The van der Waals surface area contributed by atoms with Crippen LogP contribution in [0.25, 0.3) is 11.3 Å². The SMILES string of the molecule is CSc1ccc(-c2cccc(C3CC(C(F)(F)C(F)(F)F)=NN3c3ccccc3Cl)n2)cc1. The van der Waals surface area contributed by atoms with E-state index in [0.29, 0.717) is 11.4 Å². The molecule has 0 radical (unpaired) electrons. The zero-order valence-electron chi connectivity index (χ0n) is 17.2. The lowest BCUT2D eigenvalue weighted by atomic mass is 10.0. The molecule has 0 saturated carbocycles. The number of anilines is 1. The summed E-state index contributed by atoms with van der Waals surface area (Å²) in [4.78, 5) is 5.63. The summed E-state index contributed by atoms with van der Waals surface area (Å²) in [6, 6.07) is 17.9. The van der Waals surface area contributed by atoms with Crippen LogP contribution in [0.3, 0.4) is 0 Å². The fourth-order valence-corrected chi connectivity index (χ4v) is 4.14. The van der Waals surface area contributed by atoms with Gasteiger partial charge >= 0.3 is 12.1 Å². The molecule has 172 valence electrons. The number of hydrazone groups is 1. The van der Waals surface area contributed by atoms with E-state index in [1.165, 1.54) is 12.1 Å². The molecule has 1 aromatic heterocycles. The predicted molar refractivity (Wildman–Crippen MR) is 121 cm³/mol. The number of thioether (sulfide) groups is 1. The average Bonchev–Trinajstić information content (AvgIpc) is 3.25. The Balaban J connectivity index is 1.76. The van der Waals surface area contributed by atoms with Gasteiger partial charge in [-0.05, 0) is 42.7 Å². The molecule has 0 fully saturated rings. The lowest BCUT2D eigenvalue weighted by Gasteiger charge is -2.24. The van der Waals surface area contributed by atoms with Gasteiger partial charge in [-0.25, -0.2) is 0 Å². The Hall–Kier alpha value is -2.65. The third-order valence-electron chi connectivity index (χ3n) is 5.23. The third-order valence-corrected chi connectivity index (χ3v) is 6.29. The first-order chi connectivity index (χ1) is 15.6. The van der Waals surface area contributed by atoms with Crippen molar-refractivity contribution in [1.29, 1.82) is 0 Å². The Morgan fingerprint density at radius 2 is 1.64 bits per heavy atom. The first-order valence-electron chi connectivity index (χ1n) is 9.79. The van der Waals surface area contributed by atoms with Crippen molar-refractivity contribution in [2.45, 2.75) is 29.5 Å². The summed E-state index contributed by atoms with van der Waals surface area (Å²) in [6.45, 7) is 0. The molecule has 3 nitrogen and oxygen atoms in total. The summed E-state index contributed by atoms with van der Waals surface area (Å²) in [6.07, 6.45) is -4.47. The van der Waals surface area contributed by atoms with E-state index in [2.05, 4.69) is 10.1 Å². The molecule has 1 aliphatic rings. The van der Waals surface area contributed by atoms with Crippen LogP contribution >= 0.6 is 23.4 Å². The Morgan fingerprint density at radius 3 is 2.27 bits per heavy atom. The molecule has 33 heavy (non-hydrogen) atoms. The number of hydrogen-bond donors (Lipinski definition) is 0. The highest BCUT2D eigenvalue weighted by molar-refractivity contribution is 7.98. The zero-order chi connectivity index (χ0) is 23.8. The highest BCUT2D eigenvalue weighted by Crippen LogP contribution is 2.45. The maximum absolute atomic E-state index is 14.2. The fraction of sp³-hybridized carbons (Fsp3) is 0.217. The molecule has 0 saturated heterocycles. The molecule has 0 amide bonds. The van der Waals surface area contributed by atoms with Crippen molar-refractivity contribution >= 4 is 34.8 Å². The van der Waals surface area contributed by atoms with Crippen molar-refractivity contribution in [3.63, 3.8) is 0 Å². The number of benzene rings is 2. The van der Waals surface area contributed by atoms with Crippen LogP contribution in [-0.4, -0.2) is 29.1 Å². The van der Waals surface area contributed by atoms with E-state index < -0.39 is 30.3 Å². The maximum atomic E-state index is 14.2. The minimum absolute atomic E-state index is 0.173. The summed E-state index contributed by atoms with van der Waals surface area (Å²) in [5.74, 6) is -5.08. The van der Waals surface area contributed by atoms with Crippen LogP contribution in [0.2, 0.25) is 5.02 Å². The molecule has 2 aromatic carbocycles. The minimum atomic E-state index is -5.76. The normalized spacial score (nSPS) is 16.8. The molecule has 0 N–H and O–H groups in total. The molecule has 1 aliphatic heterocycles. The highest BCUT2D eigenvalue weighted by atomic mass is 35.5. The number of halogens is 6. The Morgan fingerprint density at radius 1 is 0.939 bits per heavy atom. The Bertz CT molecular complexity index is 1180. The largest absolute Gasteiger partial charge is 0.459 e. The molecule has 0 spiro atoms. The number of para-hydroxylation sites is 1.